The molecule has 1 saturated carbocycles. The van der Waals surface area contributed by atoms with Gasteiger partial charge in [-0.05, 0) is 19.4 Å². The number of aromatic nitrogens is 2. The molecular weight excluding hydrogens is 176 g/mol. The van der Waals surface area contributed by atoms with Crippen molar-refractivity contribution in [2.45, 2.75) is 45.1 Å². The molecule has 1 atom stereocenters. The van der Waals surface area contributed by atoms with Crippen molar-refractivity contribution in [2.75, 3.05) is 0 Å². The lowest BCUT2D eigenvalue weighted by Gasteiger charge is -2.23. The van der Waals surface area contributed by atoms with E-state index in [2.05, 4.69) is 18.9 Å². The fourth-order valence-electron chi connectivity index (χ4n) is 2.34. The maximum absolute atomic E-state index is 11.3. The lowest BCUT2D eigenvalue weighted by atomic mass is 9.85. The van der Waals surface area contributed by atoms with Gasteiger partial charge in [-0.1, -0.05) is 6.92 Å². The van der Waals surface area contributed by atoms with Crippen LogP contribution in [0.2, 0.25) is 0 Å². The van der Waals surface area contributed by atoms with Gasteiger partial charge in [0.05, 0.1) is 0 Å². The second kappa shape index (κ2) is 3.23. The number of nitrogens with zero attached hydrogens (tertiary/aromatic N) is 2. The Morgan fingerprint density at radius 2 is 2.43 bits per heavy atom. The van der Waals surface area contributed by atoms with Crippen LogP contribution >= 0.6 is 0 Å². The van der Waals surface area contributed by atoms with Crippen molar-refractivity contribution in [3.63, 3.8) is 0 Å². The Morgan fingerprint density at radius 3 is 3.00 bits per heavy atom. The minimum atomic E-state index is 0.0313. The van der Waals surface area contributed by atoms with Gasteiger partial charge in [0.1, 0.15) is 5.78 Å². The highest BCUT2D eigenvalue weighted by Crippen LogP contribution is 2.38. The van der Waals surface area contributed by atoms with Crippen molar-refractivity contribution in [2.24, 2.45) is 0 Å². The molecule has 1 heterocycles. The van der Waals surface area contributed by atoms with E-state index in [-0.39, 0.29) is 5.41 Å². The third kappa shape index (κ3) is 1.37. The number of carbonyl (C=O) groups is 1. The van der Waals surface area contributed by atoms with E-state index >= 15 is 0 Å². The Labute approximate surface area is 84.1 Å². The number of Topliss-reactive ketones (excluding diaryl/α,β-unsaturated/α-hetero) is 1. The summed E-state index contributed by atoms with van der Waals surface area (Å²) in [7, 11) is 0. The Hall–Kier alpha value is -1.12. The van der Waals surface area contributed by atoms with E-state index in [4.69, 9.17) is 0 Å². The lowest BCUT2D eigenvalue weighted by molar-refractivity contribution is -0.117. The molecule has 3 nitrogen and oxygen atoms in total. The molecule has 1 aliphatic carbocycles. The third-order valence-electron chi connectivity index (χ3n) is 3.18. The van der Waals surface area contributed by atoms with Crippen LogP contribution in [0.25, 0.3) is 0 Å². The molecule has 1 unspecified atom stereocenters. The van der Waals surface area contributed by atoms with Crippen LogP contribution in [0.3, 0.4) is 0 Å². The second-order valence-corrected chi connectivity index (χ2v) is 4.31. The molecule has 0 spiro atoms. The molecule has 76 valence electrons. The van der Waals surface area contributed by atoms with E-state index in [1.165, 1.54) is 5.69 Å². The second-order valence-electron chi connectivity index (χ2n) is 4.31. The summed E-state index contributed by atoms with van der Waals surface area (Å²) >= 11 is 0. The van der Waals surface area contributed by atoms with Crippen LogP contribution in [0.15, 0.2) is 12.3 Å². The zero-order valence-corrected chi connectivity index (χ0v) is 8.79. The third-order valence-corrected chi connectivity index (χ3v) is 3.18. The summed E-state index contributed by atoms with van der Waals surface area (Å²) in [5, 5.41) is 4.25. The zero-order valence-electron chi connectivity index (χ0n) is 8.79. The highest BCUT2D eigenvalue weighted by Gasteiger charge is 2.37. The highest BCUT2D eigenvalue weighted by atomic mass is 16.1. The molecule has 0 N–H and O–H groups in total. The van der Waals surface area contributed by atoms with Gasteiger partial charge in [-0.2, -0.15) is 5.10 Å². The molecule has 0 bridgehead atoms. The predicted molar refractivity (Wildman–Crippen MR) is 54.1 cm³/mol. The fourth-order valence-corrected chi connectivity index (χ4v) is 2.34. The van der Waals surface area contributed by atoms with Crippen molar-refractivity contribution in [3.8, 4) is 0 Å². The Morgan fingerprint density at radius 1 is 1.64 bits per heavy atom. The molecule has 0 aliphatic heterocycles. The number of rotatable bonds is 2. The largest absolute Gasteiger partial charge is 0.300 e. The van der Waals surface area contributed by atoms with Gasteiger partial charge in [-0.15, -0.1) is 0 Å². The van der Waals surface area contributed by atoms with Crippen LogP contribution in [0.1, 0.15) is 38.8 Å². The molecule has 1 aliphatic rings. The van der Waals surface area contributed by atoms with E-state index in [9.17, 15) is 4.79 Å². The first-order valence-corrected chi connectivity index (χ1v) is 5.20. The van der Waals surface area contributed by atoms with Gasteiger partial charge in [0, 0.05) is 36.7 Å². The van der Waals surface area contributed by atoms with Crippen LogP contribution in [0, 0.1) is 0 Å². The van der Waals surface area contributed by atoms with Gasteiger partial charge < -0.3 is 0 Å². The summed E-state index contributed by atoms with van der Waals surface area (Å²) in [6, 6.07) is 2.04. The van der Waals surface area contributed by atoms with Gasteiger partial charge in [-0.25, -0.2) is 0 Å². The number of aryl methyl sites for hydroxylation is 1. The number of hydrogen-bond donors (Lipinski definition) is 0. The van der Waals surface area contributed by atoms with Gasteiger partial charge >= 0.3 is 0 Å². The van der Waals surface area contributed by atoms with Crippen molar-refractivity contribution < 1.29 is 4.79 Å². The fraction of sp³-hybridized carbons (Fsp3) is 0.636. The molecule has 14 heavy (non-hydrogen) atoms. The normalized spacial score (nSPS) is 27.1. The smallest absolute Gasteiger partial charge is 0.133 e. The van der Waals surface area contributed by atoms with Crippen LogP contribution in [-0.2, 0) is 16.8 Å². The first-order chi connectivity index (χ1) is 6.65. The minimum Gasteiger partial charge on any atom is -0.300 e. The molecular formula is C11H16N2O. The summed E-state index contributed by atoms with van der Waals surface area (Å²) in [6.07, 6.45) is 4.20. The summed E-state index contributed by atoms with van der Waals surface area (Å²) in [6.45, 7) is 5.13. The number of ketones is 1. The minimum absolute atomic E-state index is 0.0313. The molecule has 3 heteroatoms. The molecule has 0 radical (unpaired) electrons. The standard InChI is InChI=1S/C11H16N2O/c1-3-13-10(5-7-12-13)11(2)6-4-9(14)8-11/h5,7H,3-4,6,8H2,1-2H3. The quantitative estimate of drug-likeness (QED) is 0.717. The highest BCUT2D eigenvalue weighted by molar-refractivity contribution is 5.82. The summed E-state index contributed by atoms with van der Waals surface area (Å²) in [5.74, 6) is 0.386. The van der Waals surface area contributed by atoms with Crippen molar-refractivity contribution in [1.82, 2.24) is 9.78 Å². The lowest BCUT2D eigenvalue weighted by Crippen LogP contribution is -2.22. The zero-order chi connectivity index (χ0) is 10.2. The first-order valence-electron chi connectivity index (χ1n) is 5.20. The number of carbonyl (C=O) groups excluding carboxylic acids is 1. The van der Waals surface area contributed by atoms with Crippen molar-refractivity contribution in [3.05, 3.63) is 18.0 Å². The monoisotopic (exact) mass is 192 g/mol. The average molecular weight is 192 g/mol. The average Bonchev–Trinajstić information content (AvgIpc) is 2.73. The van der Waals surface area contributed by atoms with Gasteiger partial charge in [-0.3, -0.25) is 9.48 Å². The van der Waals surface area contributed by atoms with E-state index in [0.717, 1.165) is 19.4 Å². The van der Waals surface area contributed by atoms with Crippen LogP contribution in [0.4, 0.5) is 0 Å². The maximum Gasteiger partial charge on any atom is 0.133 e. The Bertz CT molecular complexity index is 356. The summed E-state index contributed by atoms with van der Waals surface area (Å²) < 4.78 is 2.00. The molecule has 1 fully saturated rings. The molecule has 1 aromatic rings. The summed E-state index contributed by atoms with van der Waals surface area (Å²) in [4.78, 5) is 11.3. The molecule has 2 rings (SSSR count). The van der Waals surface area contributed by atoms with E-state index in [1.807, 2.05) is 16.9 Å². The molecule has 0 saturated heterocycles. The van der Waals surface area contributed by atoms with Gasteiger partial charge in [0.2, 0.25) is 0 Å². The maximum atomic E-state index is 11.3. The van der Waals surface area contributed by atoms with Gasteiger partial charge in [0.15, 0.2) is 0 Å². The van der Waals surface area contributed by atoms with Crippen molar-refractivity contribution >= 4 is 5.78 Å². The topological polar surface area (TPSA) is 34.9 Å². The summed E-state index contributed by atoms with van der Waals surface area (Å²) in [5.41, 5.74) is 1.25. The van der Waals surface area contributed by atoms with E-state index < -0.39 is 0 Å². The molecule has 1 aromatic heterocycles. The van der Waals surface area contributed by atoms with Crippen LogP contribution < -0.4 is 0 Å². The van der Waals surface area contributed by atoms with E-state index in [1.54, 1.807) is 0 Å². The van der Waals surface area contributed by atoms with E-state index in [0.29, 0.717) is 12.2 Å². The predicted octanol–water partition coefficient (Wildman–Crippen LogP) is 1.91. The SMILES string of the molecule is CCn1nccc1C1(C)CCC(=O)C1. The van der Waals surface area contributed by atoms with Gasteiger partial charge in [0.25, 0.3) is 0 Å². The number of hydrogen-bond acceptors (Lipinski definition) is 2. The Balaban J connectivity index is 2.34. The Kier molecular flexibility index (Phi) is 2.17. The molecule has 0 aromatic carbocycles. The van der Waals surface area contributed by atoms with Crippen molar-refractivity contribution in [1.29, 1.82) is 0 Å². The first kappa shape index (κ1) is 9.44. The van der Waals surface area contributed by atoms with Crippen LogP contribution in [0.5, 0.6) is 0 Å². The van der Waals surface area contributed by atoms with Crippen LogP contribution in [-0.4, -0.2) is 15.6 Å². The molecule has 0 amide bonds.